The fourth-order valence-electron chi connectivity index (χ4n) is 1.77. The number of aliphatic hydroxyl groups is 1. The van der Waals surface area contributed by atoms with E-state index in [1.54, 1.807) is 0 Å². The van der Waals surface area contributed by atoms with Gasteiger partial charge in [-0.25, -0.2) is 0 Å². The highest BCUT2D eigenvalue weighted by Crippen LogP contribution is 2.18. The lowest BCUT2D eigenvalue weighted by Crippen LogP contribution is -2.19. The minimum Gasteiger partial charge on any atom is -0.386 e. The van der Waals surface area contributed by atoms with Crippen LogP contribution in [0.4, 0.5) is 0 Å². The Bertz CT molecular complexity index is 295. The van der Waals surface area contributed by atoms with Crippen LogP contribution in [0.15, 0.2) is 30.3 Å². The van der Waals surface area contributed by atoms with Gasteiger partial charge in [-0.3, -0.25) is 0 Å². The monoisotopic (exact) mass is 236 g/mol. The third-order valence-electron chi connectivity index (χ3n) is 2.89. The van der Waals surface area contributed by atoms with Gasteiger partial charge in [-0.05, 0) is 31.2 Å². The smallest absolute Gasteiger partial charge is 0.105 e. The second-order valence-electron chi connectivity index (χ2n) is 4.97. The van der Waals surface area contributed by atoms with Gasteiger partial charge < -0.3 is 9.84 Å². The van der Waals surface area contributed by atoms with E-state index in [2.05, 4.69) is 13.8 Å². The number of hydrogen-bond donors (Lipinski definition) is 1. The maximum absolute atomic E-state index is 10.1. The van der Waals surface area contributed by atoms with E-state index in [0.717, 1.165) is 18.6 Å². The van der Waals surface area contributed by atoms with Crippen molar-refractivity contribution >= 4 is 0 Å². The van der Waals surface area contributed by atoms with E-state index in [9.17, 15) is 5.11 Å². The molecular weight excluding hydrogens is 212 g/mol. The van der Waals surface area contributed by atoms with Gasteiger partial charge in [0.25, 0.3) is 0 Å². The van der Waals surface area contributed by atoms with Crippen LogP contribution in [0.1, 0.15) is 45.3 Å². The van der Waals surface area contributed by atoms with Crippen molar-refractivity contribution in [3.05, 3.63) is 35.9 Å². The summed E-state index contributed by atoms with van der Waals surface area (Å²) in [6.07, 6.45) is 1.55. The van der Waals surface area contributed by atoms with Crippen LogP contribution in [0.25, 0.3) is 0 Å². The Morgan fingerprint density at radius 1 is 1.12 bits per heavy atom. The van der Waals surface area contributed by atoms with Crippen molar-refractivity contribution < 1.29 is 9.84 Å². The molecule has 0 aliphatic carbocycles. The number of benzene rings is 1. The van der Waals surface area contributed by atoms with Gasteiger partial charge in [0.1, 0.15) is 6.10 Å². The van der Waals surface area contributed by atoms with Gasteiger partial charge in [-0.1, -0.05) is 44.2 Å². The van der Waals surface area contributed by atoms with Gasteiger partial charge in [0.15, 0.2) is 0 Å². The first-order chi connectivity index (χ1) is 8.11. The van der Waals surface area contributed by atoms with Crippen LogP contribution in [-0.2, 0) is 4.74 Å². The predicted octanol–water partition coefficient (Wildman–Crippen LogP) is 3.56. The normalized spacial score (nSPS) is 14.9. The van der Waals surface area contributed by atoms with Gasteiger partial charge >= 0.3 is 0 Å². The van der Waals surface area contributed by atoms with Crippen molar-refractivity contribution in [2.75, 3.05) is 6.61 Å². The molecule has 96 valence electrons. The molecule has 1 aromatic rings. The van der Waals surface area contributed by atoms with Crippen LogP contribution >= 0.6 is 0 Å². The topological polar surface area (TPSA) is 29.5 Å². The zero-order valence-electron chi connectivity index (χ0n) is 11.1. The summed E-state index contributed by atoms with van der Waals surface area (Å²) in [6, 6.07) is 9.68. The summed E-state index contributed by atoms with van der Waals surface area (Å²) in [7, 11) is 0. The molecular formula is C15H24O2. The Morgan fingerprint density at radius 3 is 2.35 bits per heavy atom. The fourth-order valence-corrected chi connectivity index (χ4v) is 1.77. The van der Waals surface area contributed by atoms with Crippen molar-refractivity contribution in [1.82, 2.24) is 0 Å². The van der Waals surface area contributed by atoms with Crippen molar-refractivity contribution in [3.63, 3.8) is 0 Å². The second kappa shape index (κ2) is 7.46. The van der Waals surface area contributed by atoms with E-state index < -0.39 is 6.10 Å². The highest BCUT2D eigenvalue weighted by molar-refractivity contribution is 5.18. The fraction of sp³-hybridized carbons (Fsp3) is 0.600. The molecule has 17 heavy (non-hydrogen) atoms. The molecule has 0 aromatic heterocycles. The van der Waals surface area contributed by atoms with E-state index >= 15 is 0 Å². The molecule has 0 saturated heterocycles. The Morgan fingerprint density at radius 2 is 1.76 bits per heavy atom. The Labute approximate surface area is 105 Å². The minimum atomic E-state index is -0.532. The first-order valence-corrected chi connectivity index (χ1v) is 6.46. The van der Waals surface area contributed by atoms with Crippen LogP contribution in [-0.4, -0.2) is 17.8 Å². The summed E-state index contributed by atoms with van der Waals surface area (Å²) in [5.74, 6) is 0.716. The molecule has 0 bridgehead atoms. The Kier molecular flexibility index (Phi) is 6.23. The van der Waals surface area contributed by atoms with E-state index in [1.165, 1.54) is 6.42 Å². The van der Waals surface area contributed by atoms with Crippen LogP contribution in [0.5, 0.6) is 0 Å². The minimum absolute atomic E-state index is 0.149. The molecule has 0 amide bonds. The molecule has 2 nitrogen and oxygen atoms in total. The molecule has 1 aromatic carbocycles. The van der Waals surface area contributed by atoms with Crippen molar-refractivity contribution in [3.8, 4) is 0 Å². The van der Waals surface area contributed by atoms with Crippen LogP contribution in [0, 0.1) is 5.92 Å². The SMILES string of the molecule is CC(C)CCCOC(C)C(O)c1ccccc1. The second-order valence-corrected chi connectivity index (χ2v) is 4.97. The van der Waals surface area contributed by atoms with Crippen LogP contribution in [0.3, 0.4) is 0 Å². The van der Waals surface area contributed by atoms with E-state index in [0.29, 0.717) is 5.92 Å². The zero-order chi connectivity index (χ0) is 12.7. The zero-order valence-corrected chi connectivity index (χ0v) is 11.1. The summed E-state index contributed by atoms with van der Waals surface area (Å²) in [5.41, 5.74) is 0.920. The Hall–Kier alpha value is -0.860. The largest absolute Gasteiger partial charge is 0.386 e. The summed E-state index contributed by atoms with van der Waals surface area (Å²) in [6.45, 7) is 7.07. The van der Waals surface area contributed by atoms with Crippen LogP contribution < -0.4 is 0 Å². The maximum Gasteiger partial charge on any atom is 0.105 e. The molecule has 0 aliphatic heterocycles. The molecule has 0 fully saturated rings. The predicted molar refractivity (Wildman–Crippen MR) is 70.9 cm³/mol. The molecule has 0 heterocycles. The first-order valence-electron chi connectivity index (χ1n) is 6.46. The quantitative estimate of drug-likeness (QED) is 0.733. The summed E-state index contributed by atoms with van der Waals surface area (Å²) in [5, 5.41) is 10.1. The molecule has 0 aliphatic rings. The molecule has 2 atom stereocenters. The molecule has 0 saturated carbocycles. The molecule has 0 radical (unpaired) electrons. The summed E-state index contributed by atoms with van der Waals surface area (Å²) >= 11 is 0. The van der Waals surface area contributed by atoms with Gasteiger partial charge in [-0.15, -0.1) is 0 Å². The van der Waals surface area contributed by atoms with Gasteiger partial charge in [-0.2, -0.15) is 0 Å². The molecule has 1 N–H and O–H groups in total. The highest BCUT2D eigenvalue weighted by Gasteiger charge is 2.16. The lowest BCUT2D eigenvalue weighted by atomic mass is 10.1. The molecule has 0 spiro atoms. The lowest BCUT2D eigenvalue weighted by molar-refractivity contribution is -0.0296. The maximum atomic E-state index is 10.1. The van der Waals surface area contributed by atoms with Crippen molar-refractivity contribution in [2.24, 2.45) is 5.92 Å². The van der Waals surface area contributed by atoms with Crippen LogP contribution in [0.2, 0.25) is 0 Å². The van der Waals surface area contributed by atoms with Gasteiger partial charge in [0.2, 0.25) is 0 Å². The highest BCUT2D eigenvalue weighted by atomic mass is 16.5. The van der Waals surface area contributed by atoms with Gasteiger partial charge in [0, 0.05) is 6.61 Å². The Balaban J connectivity index is 2.30. The number of hydrogen-bond acceptors (Lipinski definition) is 2. The van der Waals surface area contributed by atoms with Crippen molar-refractivity contribution in [1.29, 1.82) is 0 Å². The van der Waals surface area contributed by atoms with Crippen molar-refractivity contribution in [2.45, 2.75) is 45.8 Å². The average molecular weight is 236 g/mol. The lowest BCUT2D eigenvalue weighted by Gasteiger charge is -2.20. The molecule has 1 rings (SSSR count). The number of aliphatic hydroxyl groups excluding tert-OH is 1. The van der Waals surface area contributed by atoms with E-state index in [-0.39, 0.29) is 6.10 Å². The average Bonchev–Trinajstić information content (AvgIpc) is 2.34. The number of ether oxygens (including phenoxy) is 1. The third-order valence-corrected chi connectivity index (χ3v) is 2.89. The summed E-state index contributed by atoms with van der Waals surface area (Å²) in [4.78, 5) is 0. The van der Waals surface area contributed by atoms with E-state index in [1.807, 2.05) is 37.3 Å². The molecule has 2 unspecified atom stereocenters. The first kappa shape index (κ1) is 14.2. The summed E-state index contributed by atoms with van der Waals surface area (Å²) < 4.78 is 5.66. The number of rotatable bonds is 7. The molecule has 2 heteroatoms. The van der Waals surface area contributed by atoms with Gasteiger partial charge in [0.05, 0.1) is 6.10 Å². The third kappa shape index (κ3) is 5.33. The van der Waals surface area contributed by atoms with E-state index in [4.69, 9.17) is 4.74 Å². The standard InChI is InChI=1S/C15H24O2/c1-12(2)8-7-11-17-13(3)15(16)14-9-5-4-6-10-14/h4-6,9-10,12-13,15-16H,7-8,11H2,1-3H3.